The molecule has 1 aliphatic carbocycles. The molecular weight excluding hydrogens is 192 g/mol. The third-order valence-electron chi connectivity index (χ3n) is 3.28. The van der Waals surface area contributed by atoms with E-state index in [1.54, 1.807) is 19.5 Å². The highest BCUT2D eigenvalue weighted by molar-refractivity contribution is 5.26. The van der Waals surface area contributed by atoms with Crippen molar-refractivity contribution in [2.45, 2.75) is 31.8 Å². The van der Waals surface area contributed by atoms with E-state index >= 15 is 0 Å². The highest BCUT2D eigenvalue weighted by Crippen LogP contribution is 2.44. The zero-order valence-electron chi connectivity index (χ0n) is 9.10. The topological polar surface area (TPSA) is 55.2 Å². The summed E-state index contributed by atoms with van der Waals surface area (Å²) in [5.41, 5.74) is -0.280. The molecule has 0 saturated heterocycles. The van der Waals surface area contributed by atoms with Gasteiger partial charge in [0.15, 0.2) is 0 Å². The number of ether oxygens (including phenoxy) is 1. The van der Waals surface area contributed by atoms with Crippen LogP contribution >= 0.6 is 0 Å². The second-order valence-corrected chi connectivity index (χ2v) is 4.13. The molecule has 0 aromatic carbocycles. The zero-order valence-corrected chi connectivity index (χ0v) is 9.10. The van der Waals surface area contributed by atoms with Gasteiger partial charge in [0.2, 0.25) is 5.88 Å². The molecule has 0 radical (unpaired) electrons. The van der Waals surface area contributed by atoms with Crippen LogP contribution in [-0.2, 0) is 5.60 Å². The second kappa shape index (κ2) is 3.77. The molecule has 2 atom stereocenters. The monoisotopic (exact) mass is 208 g/mol. The van der Waals surface area contributed by atoms with Gasteiger partial charge >= 0.3 is 0 Å². The first-order valence-electron chi connectivity index (χ1n) is 5.26. The van der Waals surface area contributed by atoms with Gasteiger partial charge < -0.3 is 9.84 Å². The molecule has 1 aromatic heterocycles. The second-order valence-electron chi connectivity index (χ2n) is 4.13. The molecule has 1 fully saturated rings. The number of aliphatic hydroxyl groups is 1. The Labute approximate surface area is 89.3 Å². The lowest BCUT2D eigenvalue weighted by atomic mass is 9.89. The zero-order chi connectivity index (χ0) is 10.9. The van der Waals surface area contributed by atoms with E-state index in [-0.39, 0.29) is 5.92 Å². The molecule has 4 heteroatoms. The minimum Gasteiger partial charge on any atom is -0.480 e. The number of nitrogens with zero attached hydrogens (tertiary/aromatic N) is 2. The summed E-state index contributed by atoms with van der Waals surface area (Å²) in [5.74, 6) is 0.650. The molecule has 0 bridgehead atoms. The summed E-state index contributed by atoms with van der Waals surface area (Å²) in [6, 6.07) is 0. The molecule has 1 aromatic rings. The van der Waals surface area contributed by atoms with Crippen LogP contribution in [0.1, 0.15) is 31.9 Å². The molecule has 2 unspecified atom stereocenters. The van der Waals surface area contributed by atoms with E-state index in [0.717, 1.165) is 19.3 Å². The van der Waals surface area contributed by atoms with Gasteiger partial charge in [0, 0.05) is 12.4 Å². The SMILES string of the molecule is COc1nccnc1C1(O)CCCC1C. The molecule has 4 nitrogen and oxygen atoms in total. The van der Waals surface area contributed by atoms with Crippen molar-refractivity contribution in [1.29, 1.82) is 0 Å². The fourth-order valence-electron chi connectivity index (χ4n) is 2.29. The number of methoxy groups -OCH3 is 1. The van der Waals surface area contributed by atoms with Crippen LogP contribution in [0.4, 0.5) is 0 Å². The smallest absolute Gasteiger partial charge is 0.238 e. The maximum absolute atomic E-state index is 10.6. The molecule has 0 spiro atoms. The first-order chi connectivity index (χ1) is 7.18. The van der Waals surface area contributed by atoms with E-state index in [0.29, 0.717) is 11.6 Å². The first kappa shape index (κ1) is 10.4. The summed E-state index contributed by atoms with van der Waals surface area (Å²) in [5, 5.41) is 10.6. The fourth-order valence-corrected chi connectivity index (χ4v) is 2.29. The highest BCUT2D eigenvalue weighted by atomic mass is 16.5. The highest BCUT2D eigenvalue weighted by Gasteiger charge is 2.43. The van der Waals surface area contributed by atoms with Gasteiger partial charge in [0.25, 0.3) is 0 Å². The Balaban J connectivity index is 2.43. The van der Waals surface area contributed by atoms with Crippen molar-refractivity contribution >= 4 is 0 Å². The fraction of sp³-hybridized carbons (Fsp3) is 0.636. The van der Waals surface area contributed by atoms with Gasteiger partial charge in [0.05, 0.1) is 7.11 Å². The Hall–Kier alpha value is -1.16. The molecular formula is C11H16N2O2. The lowest BCUT2D eigenvalue weighted by Crippen LogP contribution is -2.30. The van der Waals surface area contributed by atoms with Crippen LogP contribution < -0.4 is 4.74 Å². The molecule has 1 N–H and O–H groups in total. The van der Waals surface area contributed by atoms with Crippen molar-refractivity contribution in [3.05, 3.63) is 18.1 Å². The molecule has 1 saturated carbocycles. The van der Waals surface area contributed by atoms with E-state index in [9.17, 15) is 5.11 Å². The van der Waals surface area contributed by atoms with Gasteiger partial charge in [-0.2, -0.15) is 0 Å². The van der Waals surface area contributed by atoms with E-state index < -0.39 is 5.60 Å². The quantitative estimate of drug-likeness (QED) is 0.800. The van der Waals surface area contributed by atoms with Crippen LogP contribution in [0.2, 0.25) is 0 Å². The Morgan fingerprint density at radius 1 is 1.47 bits per heavy atom. The Kier molecular flexibility index (Phi) is 2.61. The van der Waals surface area contributed by atoms with Crippen molar-refractivity contribution in [2.24, 2.45) is 5.92 Å². The lowest BCUT2D eigenvalue weighted by molar-refractivity contribution is -0.00252. The Morgan fingerprint density at radius 2 is 2.20 bits per heavy atom. The van der Waals surface area contributed by atoms with E-state index in [1.807, 2.05) is 6.92 Å². The van der Waals surface area contributed by atoms with E-state index in [1.165, 1.54) is 0 Å². The van der Waals surface area contributed by atoms with Crippen LogP contribution in [-0.4, -0.2) is 22.2 Å². The Morgan fingerprint density at radius 3 is 2.80 bits per heavy atom. The molecule has 1 aliphatic rings. The third kappa shape index (κ3) is 1.59. The molecule has 15 heavy (non-hydrogen) atoms. The van der Waals surface area contributed by atoms with Gasteiger partial charge in [-0.3, -0.25) is 4.98 Å². The largest absolute Gasteiger partial charge is 0.480 e. The summed E-state index contributed by atoms with van der Waals surface area (Å²) in [6.07, 6.45) is 5.96. The van der Waals surface area contributed by atoms with Crippen molar-refractivity contribution in [3.63, 3.8) is 0 Å². The van der Waals surface area contributed by atoms with Gasteiger partial charge in [-0.1, -0.05) is 6.92 Å². The summed E-state index contributed by atoms with van der Waals surface area (Å²) in [7, 11) is 1.55. The molecule has 0 aliphatic heterocycles. The van der Waals surface area contributed by atoms with Crippen LogP contribution in [0.25, 0.3) is 0 Å². The maximum Gasteiger partial charge on any atom is 0.238 e. The van der Waals surface area contributed by atoms with Crippen molar-refractivity contribution < 1.29 is 9.84 Å². The average Bonchev–Trinajstić information content (AvgIpc) is 2.60. The molecule has 0 amide bonds. The standard InChI is InChI=1S/C11H16N2O2/c1-8-4-3-5-11(8,14)9-10(15-2)13-7-6-12-9/h6-8,14H,3-5H2,1-2H3. The van der Waals surface area contributed by atoms with Crippen molar-refractivity contribution in [1.82, 2.24) is 9.97 Å². The van der Waals surface area contributed by atoms with E-state index in [4.69, 9.17) is 4.74 Å². The summed E-state index contributed by atoms with van der Waals surface area (Å²) in [6.45, 7) is 2.04. The summed E-state index contributed by atoms with van der Waals surface area (Å²) in [4.78, 5) is 8.29. The van der Waals surface area contributed by atoms with Crippen molar-refractivity contribution in [3.8, 4) is 5.88 Å². The number of hydrogen-bond donors (Lipinski definition) is 1. The van der Waals surface area contributed by atoms with Gasteiger partial charge in [-0.25, -0.2) is 4.98 Å². The van der Waals surface area contributed by atoms with E-state index in [2.05, 4.69) is 9.97 Å². The average molecular weight is 208 g/mol. The predicted octanol–water partition coefficient (Wildman–Crippen LogP) is 1.49. The van der Waals surface area contributed by atoms with Crippen molar-refractivity contribution in [2.75, 3.05) is 7.11 Å². The number of hydrogen-bond acceptors (Lipinski definition) is 4. The number of rotatable bonds is 2. The lowest BCUT2D eigenvalue weighted by Gasteiger charge is -2.27. The Bertz CT molecular complexity index is 356. The van der Waals surface area contributed by atoms with Crippen LogP contribution in [0.15, 0.2) is 12.4 Å². The normalized spacial score (nSPS) is 30.5. The molecule has 82 valence electrons. The third-order valence-corrected chi connectivity index (χ3v) is 3.28. The minimum atomic E-state index is -0.862. The molecule has 1 heterocycles. The minimum absolute atomic E-state index is 0.211. The van der Waals surface area contributed by atoms with Crippen LogP contribution in [0, 0.1) is 5.92 Å². The van der Waals surface area contributed by atoms with Crippen LogP contribution in [0.5, 0.6) is 5.88 Å². The number of aromatic nitrogens is 2. The first-order valence-corrected chi connectivity index (χ1v) is 5.26. The van der Waals surface area contributed by atoms with Gasteiger partial charge in [-0.05, 0) is 25.2 Å². The summed E-state index contributed by atoms with van der Waals surface area (Å²) >= 11 is 0. The van der Waals surface area contributed by atoms with Gasteiger partial charge in [0.1, 0.15) is 11.3 Å². The predicted molar refractivity (Wildman–Crippen MR) is 55.5 cm³/mol. The van der Waals surface area contributed by atoms with Crippen LogP contribution in [0.3, 0.4) is 0 Å². The summed E-state index contributed by atoms with van der Waals surface area (Å²) < 4.78 is 5.14. The van der Waals surface area contributed by atoms with Gasteiger partial charge in [-0.15, -0.1) is 0 Å². The molecule has 2 rings (SSSR count). The maximum atomic E-state index is 10.6.